The minimum absolute atomic E-state index is 0.0904. The van der Waals surface area contributed by atoms with Crippen molar-refractivity contribution in [1.82, 2.24) is 5.32 Å². The molecule has 8 nitrogen and oxygen atoms in total. The zero-order valence-corrected chi connectivity index (χ0v) is 26.3. The predicted octanol–water partition coefficient (Wildman–Crippen LogP) is 6.98. The van der Waals surface area contributed by atoms with E-state index in [1.807, 2.05) is 79.7 Å². The van der Waals surface area contributed by atoms with Crippen molar-refractivity contribution in [3.8, 4) is 0 Å². The molecule has 0 fully saturated rings. The Labute approximate surface area is 277 Å². The summed E-state index contributed by atoms with van der Waals surface area (Å²) >= 11 is 1.35. The van der Waals surface area contributed by atoms with Gasteiger partial charge in [-0.15, -0.1) is 11.8 Å². The van der Waals surface area contributed by atoms with Gasteiger partial charge in [0.1, 0.15) is 10.9 Å². The Balaban J connectivity index is 1.32. The summed E-state index contributed by atoms with van der Waals surface area (Å²) in [4.78, 5) is 52.1. The van der Waals surface area contributed by atoms with Crippen LogP contribution in [0.2, 0.25) is 0 Å². The van der Waals surface area contributed by atoms with Crippen molar-refractivity contribution in [3.63, 3.8) is 0 Å². The van der Waals surface area contributed by atoms with Gasteiger partial charge in [0.15, 0.2) is 0 Å². The van der Waals surface area contributed by atoms with Crippen LogP contribution in [0.15, 0.2) is 144 Å². The van der Waals surface area contributed by atoms with Crippen LogP contribution in [-0.4, -0.2) is 23.6 Å². The van der Waals surface area contributed by atoms with E-state index < -0.39 is 23.0 Å². The number of hydrogen-bond donors (Lipinski definition) is 4. The monoisotopic (exact) mass is 640 g/mol. The molecule has 0 heterocycles. The summed E-state index contributed by atoms with van der Waals surface area (Å²) in [5.74, 6) is -1.68. The highest BCUT2D eigenvalue weighted by Gasteiger charge is 2.23. The highest BCUT2D eigenvalue weighted by molar-refractivity contribution is 8.00. The zero-order valence-electron chi connectivity index (χ0n) is 25.5. The van der Waals surface area contributed by atoms with Gasteiger partial charge in [0.05, 0.1) is 0 Å². The summed E-state index contributed by atoms with van der Waals surface area (Å²) < 4.78 is 0. The SMILES string of the molecule is Cc1cccc(/C=C(\NC(=O)c2ccccc2)C(=O)Nc2ccc(SC(C(=O)Nc3ccc(C(N)=O)cc3)c3ccccc3)cc2)c1. The lowest BCUT2D eigenvalue weighted by molar-refractivity contribution is -0.116. The number of nitrogens with two attached hydrogens (primary N) is 1. The number of carbonyl (C=O) groups excluding carboxylic acids is 4. The summed E-state index contributed by atoms with van der Waals surface area (Å²) in [6.07, 6.45) is 1.64. The maximum absolute atomic E-state index is 13.5. The number of carbonyl (C=O) groups is 4. The lowest BCUT2D eigenvalue weighted by Crippen LogP contribution is -2.30. The first-order valence-corrected chi connectivity index (χ1v) is 15.6. The van der Waals surface area contributed by atoms with Crippen molar-refractivity contribution in [1.29, 1.82) is 0 Å². The van der Waals surface area contributed by atoms with E-state index >= 15 is 0 Å². The molecule has 0 saturated heterocycles. The number of primary amides is 1. The fraction of sp³-hybridized carbons (Fsp3) is 0.0526. The van der Waals surface area contributed by atoms with E-state index in [4.69, 9.17) is 5.73 Å². The molecule has 4 amide bonds. The van der Waals surface area contributed by atoms with Gasteiger partial charge in [0.2, 0.25) is 11.8 Å². The average Bonchev–Trinajstić information content (AvgIpc) is 3.08. The Morgan fingerprint density at radius 3 is 1.94 bits per heavy atom. The highest BCUT2D eigenvalue weighted by atomic mass is 32.2. The number of benzene rings is 5. The summed E-state index contributed by atoms with van der Waals surface area (Å²) in [5.41, 5.74) is 9.84. The Kier molecular flexibility index (Phi) is 10.6. The Morgan fingerprint density at radius 2 is 1.30 bits per heavy atom. The summed E-state index contributed by atoms with van der Waals surface area (Å²) in [6, 6.07) is 39.2. The number of amides is 4. The molecule has 1 atom stereocenters. The molecule has 0 spiro atoms. The van der Waals surface area contributed by atoms with Crippen molar-refractivity contribution < 1.29 is 19.2 Å². The second-order valence-electron chi connectivity index (χ2n) is 10.6. The third kappa shape index (κ3) is 9.06. The molecule has 0 aliphatic heterocycles. The number of hydrogen-bond acceptors (Lipinski definition) is 5. The van der Waals surface area contributed by atoms with Gasteiger partial charge in [-0.2, -0.15) is 0 Å². The quantitative estimate of drug-likeness (QED) is 0.0915. The number of thioether (sulfide) groups is 1. The van der Waals surface area contributed by atoms with Gasteiger partial charge in [-0.05, 0) is 84.8 Å². The molecular formula is C38H32N4O4S. The van der Waals surface area contributed by atoms with E-state index in [9.17, 15) is 19.2 Å². The third-order valence-electron chi connectivity index (χ3n) is 7.03. The predicted molar refractivity (Wildman–Crippen MR) is 187 cm³/mol. The first kappa shape index (κ1) is 32.5. The van der Waals surface area contributed by atoms with Crippen LogP contribution in [0.1, 0.15) is 42.7 Å². The van der Waals surface area contributed by atoms with Crippen molar-refractivity contribution in [3.05, 3.63) is 167 Å². The second-order valence-corrected chi connectivity index (χ2v) is 11.8. The van der Waals surface area contributed by atoms with Crippen LogP contribution >= 0.6 is 11.8 Å². The first-order chi connectivity index (χ1) is 22.7. The molecule has 47 heavy (non-hydrogen) atoms. The van der Waals surface area contributed by atoms with Crippen molar-refractivity contribution >= 4 is 52.8 Å². The molecular weight excluding hydrogens is 609 g/mol. The fourth-order valence-corrected chi connectivity index (χ4v) is 5.67. The van der Waals surface area contributed by atoms with Gasteiger partial charge in [-0.1, -0.05) is 78.4 Å². The van der Waals surface area contributed by atoms with Crippen LogP contribution in [-0.2, 0) is 9.59 Å². The molecule has 5 N–H and O–H groups in total. The van der Waals surface area contributed by atoms with E-state index in [2.05, 4.69) is 16.0 Å². The van der Waals surface area contributed by atoms with E-state index in [0.29, 0.717) is 22.5 Å². The lowest BCUT2D eigenvalue weighted by Gasteiger charge is -2.18. The van der Waals surface area contributed by atoms with E-state index in [1.165, 1.54) is 11.8 Å². The summed E-state index contributed by atoms with van der Waals surface area (Å²) in [6.45, 7) is 1.95. The normalized spacial score (nSPS) is 11.6. The molecule has 0 aliphatic rings. The zero-order chi connectivity index (χ0) is 33.2. The average molecular weight is 641 g/mol. The smallest absolute Gasteiger partial charge is 0.272 e. The highest BCUT2D eigenvalue weighted by Crippen LogP contribution is 2.36. The molecule has 5 aromatic carbocycles. The molecule has 1 unspecified atom stereocenters. The van der Waals surface area contributed by atoms with E-state index in [1.54, 1.807) is 66.7 Å². The largest absolute Gasteiger partial charge is 0.366 e. The van der Waals surface area contributed by atoms with Gasteiger partial charge >= 0.3 is 0 Å². The molecule has 0 aromatic heterocycles. The molecule has 9 heteroatoms. The van der Waals surface area contributed by atoms with Gasteiger partial charge in [0.25, 0.3) is 11.8 Å². The fourth-order valence-electron chi connectivity index (χ4n) is 4.65. The Hall–Kier alpha value is -5.93. The Morgan fingerprint density at radius 1 is 0.681 bits per heavy atom. The number of nitrogens with one attached hydrogen (secondary N) is 3. The van der Waals surface area contributed by atoms with Crippen LogP contribution in [0.4, 0.5) is 11.4 Å². The number of aryl methyl sites for hydroxylation is 1. The van der Waals surface area contributed by atoms with Crippen molar-refractivity contribution in [2.24, 2.45) is 5.73 Å². The molecule has 5 rings (SSSR count). The van der Waals surface area contributed by atoms with Crippen molar-refractivity contribution in [2.45, 2.75) is 17.1 Å². The molecule has 234 valence electrons. The number of rotatable bonds is 11. The standard InChI is InChI=1S/C38H32N4O4S/c1-25-9-8-10-26(23-25)24-33(42-36(44)29-13-6-3-7-14-29)37(45)40-31-19-21-32(22-20-31)47-34(27-11-4-2-5-12-27)38(46)41-30-17-15-28(16-18-30)35(39)43/h2-24,34H,1H3,(H2,39,43)(H,40,45)(H,41,46)(H,42,44)/b33-24-. The summed E-state index contributed by atoms with van der Waals surface area (Å²) in [7, 11) is 0. The third-order valence-corrected chi connectivity index (χ3v) is 8.29. The maximum Gasteiger partial charge on any atom is 0.272 e. The number of anilines is 2. The van der Waals surface area contributed by atoms with E-state index in [-0.39, 0.29) is 11.6 Å². The minimum atomic E-state index is -0.593. The molecule has 0 saturated carbocycles. The van der Waals surface area contributed by atoms with E-state index in [0.717, 1.165) is 21.6 Å². The molecule has 0 radical (unpaired) electrons. The van der Waals surface area contributed by atoms with Crippen LogP contribution in [0, 0.1) is 6.92 Å². The topological polar surface area (TPSA) is 130 Å². The lowest BCUT2D eigenvalue weighted by atomic mass is 10.1. The van der Waals surface area contributed by atoms with Crippen LogP contribution in [0.5, 0.6) is 0 Å². The minimum Gasteiger partial charge on any atom is -0.366 e. The molecule has 0 bridgehead atoms. The van der Waals surface area contributed by atoms with Crippen molar-refractivity contribution in [2.75, 3.05) is 10.6 Å². The van der Waals surface area contributed by atoms with Gasteiger partial charge in [0, 0.05) is 27.4 Å². The van der Waals surface area contributed by atoms with Gasteiger partial charge < -0.3 is 21.7 Å². The maximum atomic E-state index is 13.5. The van der Waals surface area contributed by atoms with Gasteiger partial charge in [-0.3, -0.25) is 19.2 Å². The molecule has 5 aromatic rings. The Bertz CT molecular complexity index is 1910. The summed E-state index contributed by atoms with van der Waals surface area (Å²) in [5, 5.41) is 7.95. The van der Waals surface area contributed by atoms with Crippen LogP contribution < -0.4 is 21.7 Å². The van der Waals surface area contributed by atoms with Crippen LogP contribution in [0.25, 0.3) is 6.08 Å². The molecule has 0 aliphatic carbocycles. The first-order valence-electron chi connectivity index (χ1n) is 14.7. The van der Waals surface area contributed by atoms with Gasteiger partial charge in [-0.25, -0.2) is 0 Å². The second kappa shape index (κ2) is 15.4. The van der Waals surface area contributed by atoms with Crippen LogP contribution in [0.3, 0.4) is 0 Å².